The molecule has 1 saturated heterocycles. The summed E-state index contributed by atoms with van der Waals surface area (Å²) in [4.78, 5) is 4.84. The molecule has 1 atom stereocenters. The lowest BCUT2D eigenvalue weighted by Gasteiger charge is -2.25. The van der Waals surface area contributed by atoms with Crippen LogP contribution in [0.2, 0.25) is 0 Å². The number of ether oxygens (including phenoxy) is 1. The zero-order valence-electron chi connectivity index (χ0n) is 16.8. The number of rotatable bonds is 4. The van der Waals surface area contributed by atoms with Crippen LogP contribution in [0.1, 0.15) is 36.4 Å². The number of pyridine rings is 1. The number of sulfonamides is 1. The minimum Gasteiger partial charge on any atom is -0.497 e. The molecule has 1 aromatic heterocycles. The van der Waals surface area contributed by atoms with E-state index in [0.29, 0.717) is 23.5 Å². The van der Waals surface area contributed by atoms with Crippen molar-refractivity contribution < 1.29 is 13.2 Å². The number of aryl methyl sites for hydroxylation is 1. The highest BCUT2D eigenvalue weighted by Crippen LogP contribution is 2.32. The maximum atomic E-state index is 13.6. The minimum absolute atomic E-state index is 0.169. The van der Waals surface area contributed by atoms with Gasteiger partial charge in [0.25, 0.3) is 0 Å². The van der Waals surface area contributed by atoms with E-state index in [-0.39, 0.29) is 5.92 Å². The van der Waals surface area contributed by atoms with Gasteiger partial charge in [0.1, 0.15) is 10.6 Å². The van der Waals surface area contributed by atoms with Crippen molar-refractivity contribution in [2.75, 3.05) is 20.2 Å². The van der Waals surface area contributed by atoms with E-state index in [1.54, 1.807) is 23.5 Å². The minimum atomic E-state index is -3.64. The average Bonchev–Trinajstić information content (AvgIpc) is 3.00. The molecule has 4 rings (SSSR count). The van der Waals surface area contributed by atoms with Crippen molar-refractivity contribution in [3.8, 4) is 5.75 Å². The Morgan fingerprint density at radius 2 is 1.83 bits per heavy atom. The van der Waals surface area contributed by atoms with Crippen molar-refractivity contribution in [1.82, 2.24) is 9.29 Å². The summed E-state index contributed by atoms with van der Waals surface area (Å²) >= 11 is 0. The van der Waals surface area contributed by atoms with Crippen LogP contribution < -0.4 is 4.74 Å². The van der Waals surface area contributed by atoms with Crippen LogP contribution in [0.3, 0.4) is 0 Å². The van der Waals surface area contributed by atoms with Gasteiger partial charge in [-0.15, -0.1) is 0 Å². The number of hydrogen-bond acceptors (Lipinski definition) is 4. The number of nitrogens with zero attached hydrogens (tertiary/aromatic N) is 2. The molecule has 3 aromatic rings. The first kappa shape index (κ1) is 19.9. The fraction of sp³-hybridized carbons (Fsp3) is 0.348. The van der Waals surface area contributed by atoms with Gasteiger partial charge < -0.3 is 4.74 Å². The summed E-state index contributed by atoms with van der Waals surface area (Å²) in [7, 11) is -1.99. The molecule has 0 bridgehead atoms. The molecule has 0 radical (unpaired) electrons. The van der Waals surface area contributed by atoms with Crippen LogP contribution in [0.25, 0.3) is 10.9 Å². The number of fused-ring (bicyclic) bond motifs is 1. The number of methoxy groups -OCH3 is 1. The van der Waals surface area contributed by atoms with Gasteiger partial charge in [-0.1, -0.05) is 36.8 Å². The van der Waals surface area contributed by atoms with Crippen LogP contribution in [-0.4, -0.2) is 37.9 Å². The van der Waals surface area contributed by atoms with E-state index in [1.807, 2.05) is 49.4 Å². The van der Waals surface area contributed by atoms with Gasteiger partial charge >= 0.3 is 0 Å². The van der Waals surface area contributed by atoms with E-state index in [1.165, 1.54) is 0 Å². The average molecular weight is 411 g/mol. The van der Waals surface area contributed by atoms with E-state index in [4.69, 9.17) is 4.74 Å². The Morgan fingerprint density at radius 3 is 2.59 bits per heavy atom. The monoisotopic (exact) mass is 410 g/mol. The molecule has 0 N–H and O–H groups in total. The Morgan fingerprint density at radius 1 is 1.03 bits per heavy atom. The van der Waals surface area contributed by atoms with Gasteiger partial charge in [0.05, 0.1) is 12.6 Å². The van der Waals surface area contributed by atoms with E-state index in [9.17, 15) is 8.42 Å². The molecule has 0 spiro atoms. The second-order valence-corrected chi connectivity index (χ2v) is 9.52. The molecule has 6 heteroatoms. The fourth-order valence-corrected chi connectivity index (χ4v) is 5.72. The second-order valence-electron chi connectivity index (χ2n) is 7.61. The van der Waals surface area contributed by atoms with Crippen molar-refractivity contribution in [2.24, 2.45) is 0 Å². The van der Waals surface area contributed by atoms with E-state index in [2.05, 4.69) is 4.98 Å². The van der Waals surface area contributed by atoms with E-state index in [0.717, 1.165) is 41.7 Å². The van der Waals surface area contributed by atoms with Crippen LogP contribution in [0.5, 0.6) is 5.75 Å². The highest BCUT2D eigenvalue weighted by molar-refractivity contribution is 7.89. The Kier molecular flexibility index (Phi) is 5.56. The lowest BCUT2D eigenvalue weighted by atomic mass is 9.94. The molecule has 1 aliphatic heterocycles. The highest BCUT2D eigenvalue weighted by atomic mass is 32.2. The Balaban J connectivity index is 1.69. The molecule has 152 valence electrons. The quantitative estimate of drug-likeness (QED) is 0.635. The number of benzene rings is 2. The summed E-state index contributed by atoms with van der Waals surface area (Å²) in [5, 5.41) is 0.846. The first-order valence-corrected chi connectivity index (χ1v) is 11.4. The second kappa shape index (κ2) is 8.13. The Bertz CT molecular complexity index is 1110. The lowest BCUT2D eigenvalue weighted by Crippen LogP contribution is -2.34. The summed E-state index contributed by atoms with van der Waals surface area (Å²) in [6.07, 6.45) is 2.85. The largest absolute Gasteiger partial charge is 0.497 e. The van der Waals surface area contributed by atoms with Crippen LogP contribution in [-0.2, 0) is 10.0 Å². The van der Waals surface area contributed by atoms with Crippen molar-refractivity contribution in [3.05, 3.63) is 65.9 Å². The van der Waals surface area contributed by atoms with Crippen molar-refractivity contribution in [1.29, 1.82) is 0 Å². The van der Waals surface area contributed by atoms with Crippen molar-refractivity contribution in [3.63, 3.8) is 0 Å². The number of para-hydroxylation sites is 1. The summed E-state index contributed by atoms with van der Waals surface area (Å²) in [5.74, 6) is 0.979. The zero-order valence-corrected chi connectivity index (χ0v) is 17.7. The molecule has 0 saturated carbocycles. The van der Waals surface area contributed by atoms with Crippen LogP contribution >= 0.6 is 0 Å². The molecule has 1 unspecified atom stereocenters. The zero-order chi connectivity index (χ0) is 20.4. The summed E-state index contributed by atoms with van der Waals surface area (Å²) in [6, 6.07) is 17.2. The Labute approximate surface area is 172 Å². The van der Waals surface area contributed by atoms with Gasteiger partial charge in [-0.25, -0.2) is 8.42 Å². The molecule has 1 fully saturated rings. The topological polar surface area (TPSA) is 59.5 Å². The SMILES string of the molecule is COc1ccc(C2CCCCN(S(=O)(=O)c3cccc4ccc(C)nc34)C2)cc1. The fourth-order valence-electron chi connectivity index (χ4n) is 4.04. The third-order valence-electron chi connectivity index (χ3n) is 5.66. The predicted octanol–water partition coefficient (Wildman–Crippen LogP) is 4.51. The molecule has 2 aromatic carbocycles. The number of aromatic nitrogens is 1. The molecule has 0 amide bonds. The van der Waals surface area contributed by atoms with Gasteiger partial charge in [0, 0.05) is 24.2 Å². The van der Waals surface area contributed by atoms with Gasteiger partial charge in [0.15, 0.2) is 0 Å². The standard InChI is InChI=1S/C23H26N2O3S/c1-17-9-10-19-7-5-8-22(23(19)24-17)29(26,27)25-15-4-3-6-20(16-25)18-11-13-21(28-2)14-12-18/h5,7-14,20H,3-4,6,15-16H2,1-2H3. The third-order valence-corrected chi connectivity index (χ3v) is 7.56. The lowest BCUT2D eigenvalue weighted by molar-refractivity contribution is 0.404. The van der Waals surface area contributed by atoms with Crippen LogP contribution in [0, 0.1) is 6.92 Å². The van der Waals surface area contributed by atoms with Gasteiger partial charge in [-0.2, -0.15) is 4.31 Å². The molecule has 2 heterocycles. The van der Waals surface area contributed by atoms with Gasteiger partial charge in [-0.05, 0) is 55.5 Å². The number of hydrogen-bond donors (Lipinski definition) is 0. The van der Waals surface area contributed by atoms with Crippen LogP contribution in [0.15, 0.2) is 59.5 Å². The van der Waals surface area contributed by atoms with Gasteiger partial charge in [-0.3, -0.25) is 4.98 Å². The molecule has 1 aliphatic rings. The molecule has 29 heavy (non-hydrogen) atoms. The maximum Gasteiger partial charge on any atom is 0.245 e. The van der Waals surface area contributed by atoms with Crippen molar-refractivity contribution in [2.45, 2.75) is 37.0 Å². The van der Waals surface area contributed by atoms with Crippen LogP contribution in [0.4, 0.5) is 0 Å². The highest BCUT2D eigenvalue weighted by Gasteiger charge is 2.31. The maximum absolute atomic E-state index is 13.6. The van der Waals surface area contributed by atoms with Crippen molar-refractivity contribution >= 4 is 20.9 Å². The molecular weight excluding hydrogens is 384 g/mol. The third kappa shape index (κ3) is 4.00. The summed E-state index contributed by atoms with van der Waals surface area (Å²) < 4.78 is 34.1. The van der Waals surface area contributed by atoms with Gasteiger partial charge in [0.2, 0.25) is 10.0 Å². The Hall–Kier alpha value is -2.44. The predicted molar refractivity (Wildman–Crippen MR) is 115 cm³/mol. The first-order valence-electron chi connectivity index (χ1n) is 9.99. The summed E-state index contributed by atoms with van der Waals surface area (Å²) in [5.41, 5.74) is 2.52. The van der Waals surface area contributed by atoms with E-state index < -0.39 is 10.0 Å². The molecule has 5 nitrogen and oxygen atoms in total. The first-order chi connectivity index (χ1) is 14.0. The van der Waals surface area contributed by atoms with E-state index >= 15 is 0 Å². The normalized spacial score (nSPS) is 18.5. The molecule has 0 aliphatic carbocycles. The smallest absolute Gasteiger partial charge is 0.245 e. The molecular formula is C23H26N2O3S. The summed E-state index contributed by atoms with van der Waals surface area (Å²) in [6.45, 7) is 2.91.